The maximum Gasteiger partial charge on any atom is 0.228 e. The van der Waals surface area contributed by atoms with Crippen molar-refractivity contribution in [2.75, 3.05) is 5.32 Å². The Morgan fingerprint density at radius 3 is 3.15 bits per heavy atom. The normalized spacial score (nSPS) is 16.1. The van der Waals surface area contributed by atoms with Crippen molar-refractivity contribution >= 4 is 11.6 Å². The van der Waals surface area contributed by atoms with Gasteiger partial charge < -0.3 is 15.6 Å². The molecule has 2 aromatic rings. The quantitative estimate of drug-likeness (QED) is 0.865. The van der Waals surface area contributed by atoms with Gasteiger partial charge >= 0.3 is 0 Å². The molecular weight excluding hydrogens is 252 g/mol. The second-order valence-corrected chi connectivity index (χ2v) is 5.38. The molecule has 0 radical (unpaired) electrons. The van der Waals surface area contributed by atoms with Crippen LogP contribution in [0.15, 0.2) is 18.2 Å². The third kappa shape index (κ3) is 1.59. The minimum atomic E-state index is 0.0647. The molecule has 5 nitrogen and oxygen atoms in total. The number of nitrogens with two attached hydrogens (primary N) is 1. The van der Waals surface area contributed by atoms with Crippen LogP contribution in [0.5, 0.6) is 0 Å². The largest absolute Gasteiger partial charge is 0.330 e. The van der Waals surface area contributed by atoms with E-state index in [9.17, 15) is 4.79 Å². The predicted octanol–water partition coefficient (Wildman–Crippen LogP) is 1.45. The highest BCUT2D eigenvalue weighted by atomic mass is 16.1. The van der Waals surface area contributed by atoms with Crippen molar-refractivity contribution in [2.24, 2.45) is 5.73 Å². The summed E-state index contributed by atoms with van der Waals surface area (Å²) in [4.78, 5) is 16.1. The minimum absolute atomic E-state index is 0.0647. The second-order valence-electron chi connectivity index (χ2n) is 5.38. The van der Waals surface area contributed by atoms with E-state index < -0.39 is 0 Å². The average Bonchev–Trinajstić information content (AvgIpc) is 3.09. The number of nitrogens with zero attached hydrogens (tertiary/aromatic N) is 2. The molecule has 2 aliphatic rings. The SMILES string of the molecule is NCc1nc(-c2ccc3c(c2)CC(=O)N3)c2n1CCC2. The van der Waals surface area contributed by atoms with Crippen LogP contribution in [0.25, 0.3) is 11.3 Å². The van der Waals surface area contributed by atoms with Gasteiger partial charge in [-0.15, -0.1) is 0 Å². The van der Waals surface area contributed by atoms with Gasteiger partial charge in [0.25, 0.3) is 0 Å². The van der Waals surface area contributed by atoms with Crippen LogP contribution in [0, 0.1) is 0 Å². The van der Waals surface area contributed by atoms with Crippen molar-refractivity contribution in [3.63, 3.8) is 0 Å². The maximum atomic E-state index is 11.4. The molecule has 0 fully saturated rings. The Morgan fingerprint density at radius 2 is 2.30 bits per heavy atom. The molecule has 0 unspecified atom stereocenters. The van der Waals surface area contributed by atoms with Crippen LogP contribution in [-0.4, -0.2) is 15.5 Å². The lowest BCUT2D eigenvalue weighted by Crippen LogP contribution is -2.06. The zero-order chi connectivity index (χ0) is 13.7. The Bertz CT molecular complexity index is 717. The average molecular weight is 268 g/mol. The van der Waals surface area contributed by atoms with Crippen LogP contribution in [0.3, 0.4) is 0 Å². The molecule has 0 aliphatic carbocycles. The lowest BCUT2D eigenvalue weighted by atomic mass is 10.0. The number of nitrogens with one attached hydrogen (secondary N) is 1. The number of hydrogen-bond donors (Lipinski definition) is 2. The third-order valence-electron chi connectivity index (χ3n) is 4.13. The van der Waals surface area contributed by atoms with Gasteiger partial charge in [0.1, 0.15) is 5.82 Å². The summed E-state index contributed by atoms with van der Waals surface area (Å²) in [7, 11) is 0. The fraction of sp³-hybridized carbons (Fsp3) is 0.333. The molecule has 2 aliphatic heterocycles. The summed E-state index contributed by atoms with van der Waals surface area (Å²) < 4.78 is 2.24. The van der Waals surface area contributed by atoms with E-state index in [0.717, 1.165) is 47.7 Å². The fourth-order valence-corrected chi connectivity index (χ4v) is 3.22. The van der Waals surface area contributed by atoms with Gasteiger partial charge in [-0.25, -0.2) is 4.98 Å². The Labute approximate surface area is 116 Å². The number of aromatic nitrogens is 2. The first-order valence-corrected chi connectivity index (χ1v) is 6.98. The van der Waals surface area contributed by atoms with Gasteiger partial charge in [-0.1, -0.05) is 6.07 Å². The molecule has 5 heteroatoms. The number of anilines is 1. The predicted molar refractivity (Wildman–Crippen MR) is 76.2 cm³/mol. The molecule has 20 heavy (non-hydrogen) atoms. The van der Waals surface area contributed by atoms with Crippen molar-refractivity contribution in [3.8, 4) is 11.3 Å². The second kappa shape index (κ2) is 4.18. The van der Waals surface area contributed by atoms with Crippen molar-refractivity contribution in [3.05, 3.63) is 35.3 Å². The number of imidazole rings is 1. The lowest BCUT2D eigenvalue weighted by molar-refractivity contribution is -0.115. The molecule has 1 aromatic carbocycles. The van der Waals surface area contributed by atoms with Crippen LogP contribution in [-0.2, 0) is 30.7 Å². The van der Waals surface area contributed by atoms with E-state index in [4.69, 9.17) is 10.7 Å². The number of rotatable bonds is 2. The summed E-state index contributed by atoms with van der Waals surface area (Å²) in [5.74, 6) is 1.03. The number of carbonyl (C=O) groups excluding carboxylic acids is 1. The minimum Gasteiger partial charge on any atom is -0.330 e. The van der Waals surface area contributed by atoms with Gasteiger partial charge in [-0.2, -0.15) is 0 Å². The van der Waals surface area contributed by atoms with Crippen LogP contribution >= 0.6 is 0 Å². The monoisotopic (exact) mass is 268 g/mol. The maximum absolute atomic E-state index is 11.4. The van der Waals surface area contributed by atoms with Gasteiger partial charge in [0.15, 0.2) is 0 Å². The van der Waals surface area contributed by atoms with E-state index in [1.807, 2.05) is 12.1 Å². The van der Waals surface area contributed by atoms with Crippen LogP contribution < -0.4 is 11.1 Å². The highest BCUT2D eigenvalue weighted by Gasteiger charge is 2.23. The summed E-state index contributed by atoms with van der Waals surface area (Å²) in [5.41, 5.74) is 11.2. The molecule has 4 rings (SSSR count). The standard InChI is InChI=1S/C15H16N4O/c16-8-13-18-15(12-2-1-5-19(12)13)9-3-4-11-10(6-9)7-14(20)17-11/h3-4,6H,1-2,5,7-8,16H2,(H,17,20). The first kappa shape index (κ1) is 11.7. The summed E-state index contributed by atoms with van der Waals surface area (Å²) in [6.45, 7) is 1.48. The van der Waals surface area contributed by atoms with Gasteiger partial charge in [-0.3, -0.25) is 4.79 Å². The van der Waals surface area contributed by atoms with Gasteiger partial charge in [0, 0.05) is 23.5 Å². The number of carbonyl (C=O) groups is 1. The summed E-state index contributed by atoms with van der Waals surface area (Å²) >= 11 is 0. The molecule has 0 atom stereocenters. The highest BCUT2D eigenvalue weighted by Crippen LogP contribution is 2.33. The van der Waals surface area contributed by atoms with E-state index in [1.165, 1.54) is 5.69 Å². The number of benzene rings is 1. The first-order chi connectivity index (χ1) is 9.76. The first-order valence-electron chi connectivity index (χ1n) is 6.98. The zero-order valence-electron chi connectivity index (χ0n) is 11.1. The van der Waals surface area contributed by atoms with Crippen molar-refractivity contribution < 1.29 is 4.79 Å². The van der Waals surface area contributed by atoms with Crippen molar-refractivity contribution in [1.82, 2.24) is 9.55 Å². The Morgan fingerprint density at radius 1 is 1.40 bits per heavy atom. The van der Waals surface area contributed by atoms with Crippen LogP contribution in [0.4, 0.5) is 5.69 Å². The molecule has 1 amide bonds. The third-order valence-corrected chi connectivity index (χ3v) is 4.13. The van der Waals surface area contributed by atoms with E-state index in [2.05, 4.69) is 16.0 Å². The molecule has 102 valence electrons. The number of fused-ring (bicyclic) bond motifs is 2. The number of amides is 1. The van der Waals surface area contributed by atoms with Crippen LogP contribution in [0.1, 0.15) is 23.5 Å². The molecule has 3 N–H and O–H groups in total. The summed E-state index contributed by atoms with van der Waals surface area (Å²) in [5, 5.41) is 2.86. The molecule has 1 aromatic heterocycles. The zero-order valence-corrected chi connectivity index (χ0v) is 11.1. The Hall–Kier alpha value is -2.14. The Kier molecular flexibility index (Phi) is 2.44. The lowest BCUT2D eigenvalue weighted by Gasteiger charge is -2.03. The molecular formula is C15H16N4O. The molecule has 0 saturated heterocycles. The topological polar surface area (TPSA) is 72.9 Å². The van der Waals surface area contributed by atoms with Crippen LogP contribution in [0.2, 0.25) is 0 Å². The van der Waals surface area contributed by atoms with Gasteiger partial charge in [0.2, 0.25) is 5.91 Å². The summed E-state index contributed by atoms with van der Waals surface area (Å²) in [6.07, 6.45) is 2.67. The van der Waals surface area contributed by atoms with E-state index in [1.54, 1.807) is 0 Å². The summed E-state index contributed by atoms with van der Waals surface area (Å²) in [6, 6.07) is 6.08. The smallest absolute Gasteiger partial charge is 0.228 e. The molecule has 0 spiro atoms. The molecule has 0 bridgehead atoms. The van der Waals surface area contributed by atoms with Crippen molar-refractivity contribution in [2.45, 2.75) is 32.4 Å². The number of hydrogen-bond acceptors (Lipinski definition) is 3. The van der Waals surface area contributed by atoms with E-state index in [-0.39, 0.29) is 5.91 Å². The molecule has 0 saturated carbocycles. The fourth-order valence-electron chi connectivity index (χ4n) is 3.22. The molecule has 3 heterocycles. The van der Waals surface area contributed by atoms with E-state index in [0.29, 0.717) is 13.0 Å². The Balaban J connectivity index is 1.83. The van der Waals surface area contributed by atoms with Gasteiger partial charge in [0.05, 0.1) is 18.7 Å². The van der Waals surface area contributed by atoms with Crippen molar-refractivity contribution in [1.29, 1.82) is 0 Å². The van der Waals surface area contributed by atoms with E-state index >= 15 is 0 Å². The van der Waals surface area contributed by atoms with Gasteiger partial charge in [-0.05, 0) is 30.5 Å². The highest BCUT2D eigenvalue weighted by molar-refractivity contribution is 5.99.